The van der Waals surface area contributed by atoms with Gasteiger partial charge in [0.15, 0.2) is 0 Å². The van der Waals surface area contributed by atoms with E-state index in [1.54, 1.807) is 0 Å². The average Bonchev–Trinajstić information content (AvgIpc) is 2.48. The minimum absolute atomic E-state index is 0.0849. The molecule has 0 aromatic heterocycles. The van der Waals surface area contributed by atoms with Gasteiger partial charge in [-0.25, -0.2) is 0 Å². The lowest BCUT2D eigenvalue weighted by Gasteiger charge is -2.35. The fraction of sp³-hybridized carbons (Fsp3) is 0.941. The summed E-state index contributed by atoms with van der Waals surface area (Å²) in [6.07, 6.45) is 0.256. The Morgan fingerprint density at radius 2 is 1.70 bits per heavy atom. The molecule has 6 heteroatoms. The van der Waals surface area contributed by atoms with Crippen LogP contribution in [0.5, 0.6) is 0 Å². The fourth-order valence-electron chi connectivity index (χ4n) is 2.23. The van der Waals surface area contributed by atoms with Gasteiger partial charge in [0.25, 0.3) is 0 Å². The maximum Gasteiger partial charge on any atom is 0.248 e. The maximum atomic E-state index is 12.1. The van der Waals surface area contributed by atoms with Crippen LogP contribution in [0, 0.1) is 0 Å². The van der Waals surface area contributed by atoms with Crippen molar-refractivity contribution in [2.24, 2.45) is 0 Å². The van der Waals surface area contributed by atoms with E-state index in [2.05, 4.69) is 4.90 Å². The Balaban J connectivity index is 2.07. The van der Waals surface area contributed by atoms with Crippen molar-refractivity contribution in [1.82, 2.24) is 9.80 Å². The summed E-state index contributed by atoms with van der Waals surface area (Å²) < 4.78 is 16.6. The molecule has 1 amide bonds. The lowest BCUT2D eigenvalue weighted by Crippen LogP contribution is -2.50. The molecule has 23 heavy (non-hydrogen) atoms. The number of piperazine rings is 1. The Labute approximate surface area is 141 Å². The summed E-state index contributed by atoms with van der Waals surface area (Å²) in [5.41, 5.74) is -0.270. The van der Waals surface area contributed by atoms with Crippen LogP contribution in [0.25, 0.3) is 0 Å². The van der Waals surface area contributed by atoms with E-state index in [9.17, 15) is 4.79 Å². The SMILES string of the molecule is CC(C)OCCOCCN1CCN(C(=O)COC(C)(C)C)CC1. The van der Waals surface area contributed by atoms with Gasteiger partial charge in [-0.1, -0.05) is 0 Å². The van der Waals surface area contributed by atoms with Crippen molar-refractivity contribution in [1.29, 1.82) is 0 Å². The smallest absolute Gasteiger partial charge is 0.248 e. The van der Waals surface area contributed by atoms with Crippen molar-refractivity contribution in [3.8, 4) is 0 Å². The zero-order valence-electron chi connectivity index (χ0n) is 15.5. The predicted molar refractivity (Wildman–Crippen MR) is 90.6 cm³/mol. The summed E-state index contributed by atoms with van der Waals surface area (Å²) >= 11 is 0. The van der Waals surface area contributed by atoms with Crippen LogP contribution in [-0.2, 0) is 19.0 Å². The van der Waals surface area contributed by atoms with Crippen LogP contribution in [0.4, 0.5) is 0 Å². The second-order valence-electron chi connectivity index (χ2n) is 7.16. The number of carbonyl (C=O) groups excluding carboxylic acids is 1. The zero-order valence-corrected chi connectivity index (χ0v) is 15.5. The summed E-state index contributed by atoms with van der Waals surface area (Å²) in [5.74, 6) is 0.0849. The van der Waals surface area contributed by atoms with Crippen LogP contribution >= 0.6 is 0 Å². The van der Waals surface area contributed by atoms with Gasteiger partial charge in [-0.15, -0.1) is 0 Å². The normalized spacial score (nSPS) is 17.0. The fourth-order valence-corrected chi connectivity index (χ4v) is 2.23. The van der Waals surface area contributed by atoms with E-state index in [0.717, 1.165) is 32.7 Å². The first-order chi connectivity index (χ1) is 10.8. The highest BCUT2D eigenvalue weighted by Gasteiger charge is 2.22. The molecule has 1 aliphatic rings. The van der Waals surface area contributed by atoms with E-state index >= 15 is 0 Å². The molecule has 1 fully saturated rings. The van der Waals surface area contributed by atoms with Gasteiger partial charge in [-0.3, -0.25) is 9.69 Å². The Bertz CT molecular complexity index is 334. The van der Waals surface area contributed by atoms with E-state index in [1.165, 1.54) is 0 Å². The molecule has 0 atom stereocenters. The Morgan fingerprint density at radius 3 is 2.26 bits per heavy atom. The molecule has 1 aliphatic heterocycles. The third-order valence-electron chi connectivity index (χ3n) is 3.58. The number of nitrogens with zero attached hydrogens (tertiary/aromatic N) is 2. The number of rotatable bonds is 9. The lowest BCUT2D eigenvalue weighted by molar-refractivity contribution is -0.142. The molecule has 1 heterocycles. The number of hydrogen-bond donors (Lipinski definition) is 0. The zero-order chi connectivity index (χ0) is 17.3. The topological polar surface area (TPSA) is 51.2 Å². The second kappa shape index (κ2) is 10.2. The minimum Gasteiger partial charge on any atom is -0.378 e. The van der Waals surface area contributed by atoms with Gasteiger partial charge < -0.3 is 19.1 Å². The molecule has 1 rings (SSSR count). The van der Waals surface area contributed by atoms with E-state index in [1.807, 2.05) is 39.5 Å². The largest absolute Gasteiger partial charge is 0.378 e. The van der Waals surface area contributed by atoms with Crippen LogP contribution in [0.1, 0.15) is 34.6 Å². The van der Waals surface area contributed by atoms with Crippen molar-refractivity contribution in [2.45, 2.75) is 46.3 Å². The van der Waals surface area contributed by atoms with Crippen molar-refractivity contribution in [3.05, 3.63) is 0 Å². The van der Waals surface area contributed by atoms with Crippen molar-refractivity contribution >= 4 is 5.91 Å². The Hall–Kier alpha value is -0.690. The number of hydrogen-bond acceptors (Lipinski definition) is 5. The molecule has 0 aromatic carbocycles. The highest BCUT2D eigenvalue weighted by atomic mass is 16.5. The Kier molecular flexibility index (Phi) is 9.06. The standard InChI is InChI=1S/C17H34N2O4/c1-15(2)22-13-12-21-11-10-18-6-8-19(9-7-18)16(20)14-23-17(3,4)5/h15H,6-14H2,1-5H3. The van der Waals surface area contributed by atoms with Gasteiger partial charge in [0.05, 0.1) is 31.5 Å². The highest BCUT2D eigenvalue weighted by molar-refractivity contribution is 5.77. The van der Waals surface area contributed by atoms with E-state index in [-0.39, 0.29) is 24.2 Å². The number of amides is 1. The maximum absolute atomic E-state index is 12.1. The molecule has 6 nitrogen and oxygen atoms in total. The van der Waals surface area contributed by atoms with Crippen LogP contribution in [0.15, 0.2) is 0 Å². The molecule has 136 valence electrons. The van der Waals surface area contributed by atoms with Crippen molar-refractivity contribution in [2.75, 3.05) is 59.2 Å². The molecule has 0 spiro atoms. The van der Waals surface area contributed by atoms with E-state index < -0.39 is 0 Å². The van der Waals surface area contributed by atoms with Crippen LogP contribution in [0.2, 0.25) is 0 Å². The number of carbonyl (C=O) groups is 1. The molecule has 0 saturated carbocycles. The summed E-state index contributed by atoms with van der Waals surface area (Å²) in [5, 5.41) is 0. The minimum atomic E-state index is -0.270. The highest BCUT2D eigenvalue weighted by Crippen LogP contribution is 2.08. The molecule has 0 bridgehead atoms. The quantitative estimate of drug-likeness (QED) is 0.598. The monoisotopic (exact) mass is 330 g/mol. The van der Waals surface area contributed by atoms with Crippen LogP contribution in [-0.4, -0.2) is 86.6 Å². The summed E-state index contributed by atoms with van der Waals surface area (Å²) in [6, 6.07) is 0. The predicted octanol–water partition coefficient (Wildman–Crippen LogP) is 1.39. The van der Waals surface area contributed by atoms with E-state index in [0.29, 0.717) is 19.8 Å². The summed E-state index contributed by atoms with van der Waals surface area (Å²) in [6.45, 7) is 16.3. The average molecular weight is 330 g/mol. The molecule has 0 radical (unpaired) electrons. The molecule has 0 unspecified atom stereocenters. The first-order valence-electron chi connectivity index (χ1n) is 8.61. The van der Waals surface area contributed by atoms with Gasteiger partial charge in [0, 0.05) is 32.7 Å². The molecule has 0 N–H and O–H groups in total. The lowest BCUT2D eigenvalue weighted by atomic mass is 10.2. The third-order valence-corrected chi connectivity index (χ3v) is 3.58. The molecular weight excluding hydrogens is 296 g/mol. The van der Waals surface area contributed by atoms with Crippen molar-refractivity contribution < 1.29 is 19.0 Å². The third kappa shape index (κ3) is 9.91. The number of ether oxygens (including phenoxy) is 3. The Morgan fingerprint density at radius 1 is 1.04 bits per heavy atom. The molecule has 0 aromatic rings. The van der Waals surface area contributed by atoms with Crippen molar-refractivity contribution in [3.63, 3.8) is 0 Å². The first kappa shape index (κ1) is 20.4. The summed E-state index contributed by atoms with van der Waals surface area (Å²) in [4.78, 5) is 16.3. The first-order valence-corrected chi connectivity index (χ1v) is 8.61. The van der Waals surface area contributed by atoms with Gasteiger partial charge >= 0.3 is 0 Å². The van der Waals surface area contributed by atoms with Crippen LogP contribution < -0.4 is 0 Å². The molecular formula is C17H34N2O4. The van der Waals surface area contributed by atoms with E-state index in [4.69, 9.17) is 14.2 Å². The van der Waals surface area contributed by atoms with Gasteiger partial charge in [0.2, 0.25) is 5.91 Å². The van der Waals surface area contributed by atoms with Gasteiger partial charge in [-0.05, 0) is 34.6 Å². The molecule has 0 aliphatic carbocycles. The van der Waals surface area contributed by atoms with Gasteiger partial charge in [-0.2, -0.15) is 0 Å². The summed E-state index contributed by atoms with van der Waals surface area (Å²) in [7, 11) is 0. The molecule has 1 saturated heterocycles. The van der Waals surface area contributed by atoms with Crippen LogP contribution in [0.3, 0.4) is 0 Å². The van der Waals surface area contributed by atoms with Gasteiger partial charge in [0.1, 0.15) is 6.61 Å². The second-order valence-corrected chi connectivity index (χ2v) is 7.16.